The predicted molar refractivity (Wildman–Crippen MR) is 92.6 cm³/mol. The predicted octanol–water partition coefficient (Wildman–Crippen LogP) is 3.18. The third-order valence-electron chi connectivity index (χ3n) is 3.93. The van der Waals surface area contributed by atoms with Crippen molar-refractivity contribution in [3.63, 3.8) is 0 Å². The molecule has 0 heterocycles. The first kappa shape index (κ1) is 18.9. The summed E-state index contributed by atoms with van der Waals surface area (Å²) in [6.07, 6.45) is 0.732. The molecule has 1 aromatic carbocycles. The molecular formula is C17H21Cl2NO4. The maximum Gasteiger partial charge on any atom is 0.328 e. The number of carbonyl (C=O) groups excluding carboxylic acids is 2. The van der Waals surface area contributed by atoms with Crippen LogP contribution in [0.2, 0.25) is 0 Å². The lowest BCUT2D eigenvalue weighted by atomic mass is 10.1. The van der Waals surface area contributed by atoms with Gasteiger partial charge in [-0.25, -0.2) is 4.79 Å². The minimum atomic E-state index is -1.15. The summed E-state index contributed by atoms with van der Waals surface area (Å²) in [4.78, 5) is 23.7. The van der Waals surface area contributed by atoms with E-state index >= 15 is 0 Å². The van der Waals surface area contributed by atoms with E-state index in [0.29, 0.717) is 5.75 Å². The van der Waals surface area contributed by atoms with E-state index in [1.54, 1.807) is 32.9 Å². The molecule has 132 valence electrons. The van der Waals surface area contributed by atoms with Crippen LogP contribution in [0.15, 0.2) is 24.3 Å². The molecule has 0 bridgehead atoms. The Balaban J connectivity index is 1.98. The van der Waals surface area contributed by atoms with Crippen LogP contribution >= 0.6 is 23.2 Å². The van der Waals surface area contributed by atoms with Crippen LogP contribution in [0.3, 0.4) is 0 Å². The molecule has 24 heavy (non-hydrogen) atoms. The Morgan fingerprint density at radius 2 is 1.83 bits per heavy atom. The molecule has 1 aromatic rings. The minimum Gasteiger partial charge on any atom is -0.478 e. The second kappa shape index (κ2) is 6.81. The van der Waals surface area contributed by atoms with Gasteiger partial charge in [0.25, 0.3) is 5.91 Å². The van der Waals surface area contributed by atoms with Crippen LogP contribution in [0.4, 0.5) is 0 Å². The summed E-state index contributed by atoms with van der Waals surface area (Å²) in [6.45, 7) is 4.81. The van der Waals surface area contributed by atoms with Crippen molar-refractivity contribution in [2.45, 2.75) is 49.1 Å². The fourth-order valence-electron chi connectivity index (χ4n) is 2.29. The number of nitrogens with one attached hydrogen (secondary N) is 1. The second-order valence-corrected chi connectivity index (χ2v) is 7.96. The molecule has 2 rings (SSSR count). The Bertz CT molecular complexity index is 628. The first-order valence-electron chi connectivity index (χ1n) is 7.62. The van der Waals surface area contributed by atoms with Gasteiger partial charge in [0.05, 0.1) is 7.11 Å². The van der Waals surface area contributed by atoms with E-state index in [2.05, 4.69) is 10.1 Å². The Morgan fingerprint density at radius 1 is 1.29 bits per heavy atom. The van der Waals surface area contributed by atoms with Crippen LogP contribution in [-0.2, 0) is 14.3 Å². The fourth-order valence-corrected chi connectivity index (χ4v) is 2.85. The fraction of sp³-hybridized carbons (Fsp3) is 0.529. The molecule has 1 aliphatic carbocycles. The molecule has 0 aliphatic heterocycles. The van der Waals surface area contributed by atoms with Gasteiger partial charge in [0.2, 0.25) is 0 Å². The molecule has 5 nitrogen and oxygen atoms in total. The van der Waals surface area contributed by atoms with E-state index in [1.165, 1.54) is 7.11 Å². The van der Waals surface area contributed by atoms with Gasteiger partial charge in [-0.1, -0.05) is 12.1 Å². The van der Waals surface area contributed by atoms with Crippen molar-refractivity contribution in [3.05, 3.63) is 29.8 Å². The molecule has 2 unspecified atom stereocenters. The maximum atomic E-state index is 12.3. The van der Waals surface area contributed by atoms with Gasteiger partial charge in [0.15, 0.2) is 5.60 Å². The average Bonchev–Trinajstić information content (AvgIpc) is 3.15. The topological polar surface area (TPSA) is 64.6 Å². The number of benzene rings is 1. The molecule has 0 spiro atoms. The normalized spacial score (nSPS) is 20.0. The lowest BCUT2D eigenvalue weighted by Crippen LogP contribution is -2.51. The van der Waals surface area contributed by atoms with E-state index < -0.39 is 27.9 Å². The highest BCUT2D eigenvalue weighted by Crippen LogP contribution is 2.59. The molecule has 0 saturated heterocycles. The third-order valence-corrected chi connectivity index (χ3v) is 4.77. The van der Waals surface area contributed by atoms with Gasteiger partial charge in [-0.2, -0.15) is 0 Å². The molecular weight excluding hydrogens is 353 g/mol. The number of esters is 1. The SMILES string of the molecule is COC(=O)C(C)NC(=O)C(C)(C)Oc1ccc(C2CC2(Cl)Cl)cc1. The van der Waals surface area contributed by atoms with Gasteiger partial charge in [0, 0.05) is 5.92 Å². The Kier molecular flexibility index (Phi) is 5.35. The Hall–Kier alpha value is -1.46. The first-order chi connectivity index (χ1) is 11.1. The molecule has 1 fully saturated rings. The molecule has 1 N–H and O–H groups in total. The summed E-state index contributed by atoms with van der Waals surface area (Å²) >= 11 is 12.1. The van der Waals surface area contributed by atoms with Gasteiger partial charge in [-0.15, -0.1) is 23.2 Å². The highest BCUT2D eigenvalue weighted by molar-refractivity contribution is 6.51. The van der Waals surface area contributed by atoms with Crippen molar-refractivity contribution in [2.75, 3.05) is 7.11 Å². The molecule has 1 amide bonds. The highest BCUT2D eigenvalue weighted by Gasteiger charge is 2.52. The second-order valence-electron chi connectivity index (χ2n) is 6.42. The third kappa shape index (κ3) is 4.33. The summed E-state index contributed by atoms with van der Waals surface area (Å²) < 4.78 is 9.67. The van der Waals surface area contributed by atoms with Crippen LogP contribution in [-0.4, -0.2) is 35.0 Å². The Labute approximate surface area is 151 Å². The molecule has 0 aromatic heterocycles. The number of ether oxygens (including phenoxy) is 2. The summed E-state index contributed by atoms with van der Waals surface area (Å²) in [5.41, 5.74) is -0.111. The van der Waals surface area contributed by atoms with E-state index in [1.807, 2.05) is 12.1 Å². The van der Waals surface area contributed by atoms with Crippen molar-refractivity contribution >= 4 is 35.1 Å². The molecule has 1 saturated carbocycles. The van der Waals surface area contributed by atoms with Gasteiger partial charge >= 0.3 is 5.97 Å². The highest BCUT2D eigenvalue weighted by atomic mass is 35.5. The van der Waals surface area contributed by atoms with Gasteiger partial charge in [-0.05, 0) is 44.9 Å². The Morgan fingerprint density at radius 3 is 2.29 bits per heavy atom. The zero-order valence-corrected chi connectivity index (χ0v) is 15.6. The summed E-state index contributed by atoms with van der Waals surface area (Å²) in [5.74, 6) is -0.252. The monoisotopic (exact) mass is 373 g/mol. The molecule has 1 aliphatic rings. The van der Waals surface area contributed by atoms with Crippen molar-refractivity contribution in [1.29, 1.82) is 0 Å². The minimum absolute atomic E-state index is 0.132. The number of alkyl halides is 2. The summed E-state index contributed by atoms with van der Waals surface area (Å²) in [6, 6.07) is 6.57. The number of hydrogen-bond acceptors (Lipinski definition) is 4. The smallest absolute Gasteiger partial charge is 0.328 e. The van der Waals surface area contributed by atoms with E-state index in [-0.39, 0.29) is 5.92 Å². The van der Waals surface area contributed by atoms with Crippen LogP contribution in [0.1, 0.15) is 38.7 Å². The maximum absolute atomic E-state index is 12.3. The summed E-state index contributed by atoms with van der Waals surface area (Å²) in [5, 5.41) is 2.57. The van der Waals surface area contributed by atoms with Crippen molar-refractivity contribution in [3.8, 4) is 5.75 Å². The number of halogens is 2. The zero-order valence-electron chi connectivity index (χ0n) is 14.1. The number of methoxy groups -OCH3 is 1. The van der Waals surface area contributed by atoms with E-state index in [9.17, 15) is 9.59 Å². The quantitative estimate of drug-likeness (QED) is 0.614. The van der Waals surface area contributed by atoms with E-state index in [0.717, 1.165) is 12.0 Å². The van der Waals surface area contributed by atoms with Crippen molar-refractivity contribution in [1.82, 2.24) is 5.32 Å². The molecule has 0 radical (unpaired) electrons. The first-order valence-corrected chi connectivity index (χ1v) is 8.38. The summed E-state index contributed by atoms with van der Waals surface area (Å²) in [7, 11) is 1.27. The average molecular weight is 374 g/mol. The lowest BCUT2D eigenvalue weighted by Gasteiger charge is -2.26. The van der Waals surface area contributed by atoms with Crippen molar-refractivity contribution < 1.29 is 19.1 Å². The zero-order chi connectivity index (χ0) is 18.1. The number of amides is 1. The lowest BCUT2D eigenvalue weighted by molar-refractivity contribution is -0.146. The largest absolute Gasteiger partial charge is 0.478 e. The van der Waals surface area contributed by atoms with E-state index in [4.69, 9.17) is 27.9 Å². The van der Waals surface area contributed by atoms with Crippen LogP contribution in [0, 0.1) is 0 Å². The van der Waals surface area contributed by atoms with Crippen LogP contribution in [0.5, 0.6) is 5.75 Å². The van der Waals surface area contributed by atoms with Gasteiger partial charge in [-0.3, -0.25) is 4.79 Å². The number of hydrogen-bond donors (Lipinski definition) is 1. The van der Waals surface area contributed by atoms with Crippen molar-refractivity contribution in [2.24, 2.45) is 0 Å². The van der Waals surface area contributed by atoms with Crippen LogP contribution < -0.4 is 10.1 Å². The number of carbonyl (C=O) groups is 2. The standard InChI is InChI=1S/C17H21Cl2NO4/c1-10(14(21)23-4)20-15(22)16(2,3)24-12-7-5-11(6-8-12)13-9-17(13,18)19/h5-8,10,13H,9H2,1-4H3,(H,20,22). The van der Waals surface area contributed by atoms with Gasteiger partial charge < -0.3 is 14.8 Å². The van der Waals surface area contributed by atoms with Crippen LogP contribution in [0.25, 0.3) is 0 Å². The van der Waals surface area contributed by atoms with Gasteiger partial charge in [0.1, 0.15) is 16.1 Å². The molecule has 2 atom stereocenters. The number of rotatable bonds is 6. The molecule has 7 heteroatoms.